The number of hydrogen-bond donors (Lipinski definition) is 0. The maximum atomic E-state index is 14.9. The van der Waals surface area contributed by atoms with E-state index in [-0.39, 0.29) is 23.6 Å². The molecule has 0 fully saturated rings. The summed E-state index contributed by atoms with van der Waals surface area (Å²) in [6, 6.07) is 8.73. The molecule has 0 saturated carbocycles. The number of methoxy groups -OCH3 is 1. The van der Waals surface area contributed by atoms with Gasteiger partial charge in [0.05, 0.1) is 7.11 Å². The molecule has 8 heteroatoms. The van der Waals surface area contributed by atoms with Gasteiger partial charge in [-0.3, -0.25) is 0 Å². The van der Waals surface area contributed by atoms with Crippen LogP contribution < -0.4 is 9.47 Å². The van der Waals surface area contributed by atoms with Crippen LogP contribution in [-0.2, 0) is 4.79 Å². The Morgan fingerprint density at radius 3 is 2.00 bits per heavy atom. The Labute approximate surface area is 216 Å². The number of aromatic nitrogens is 2. The zero-order valence-corrected chi connectivity index (χ0v) is 21.5. The van der Waals surface area contributed by atoms with Crippen LogP contribution in [-0.4, -0.2) is 28.7 Å². The van der Waals surface area contributed by atoms with E-state index < -0.39 is 29.0 Å². The molecule has 37 heavy (non-hydrogen) atoms. The maximum absolute atomic E-state index is 14.9. The van der Waals surface area contributed by atoms with Crippen molar-refractivity contribution >= 4 is 5.97 Å². The number of halogens is 3. The largest absolute Gasteiger partial charge is 0.491 e. The second kappa shape index (κ2) is 13.2. The lowest BCUT2D eigenvalue weighted by molar-refractivity contribution is -0.147. The molecule has 0 unspecified atom stereocenters. The monoisotopic (exact) mass is 514 g/mol. The number of ether oxygens (including phenoxy) is 2. The Hall–Kier alpha value is -3.42. The van der Waals surface area contributed by atoms with Crippen LogP contribution in [0.3, 0.4) is 0 Å². The van der Waals surface area contributed by atoms with Crippen molar-refractivity contribution in [2.45, 2.75) is 70.9 Å². The van der Waals surface area contributed by atoms with Gasteiger partial charge in [0, 0.05) is 23.5 Å². The molecule has 0 amide bonds. The number of carbonyl (C=O) groups excluding carboxylic acids is 1. The summed E-state index contributed by atoms with van der Waals surface area (Å²) in [4.78, 5) is 20.8. The van der Waals surface area contributed by atoms with Gasteiger partial charge in [-0.1, -0.05) is 57.6 Å². The molecule has 1 aromatic heterocycles. The van der Waals surface area contributed by atoms with E-state index in [4.69, 9.17) is 4.74 Å². The number of esters is 1. The van der Waals surface area contributed by atoms with Gasteiger partial charge in [0.2, 0.25) is 5.67 Å². The van der Waals surface area contributed by atoms with Crippen molar-refractivity contribution in [1.82, 2.24) is 9.97 Å². The number of rotatable bonds is 13. The van der Waals surface area contributed by atoms with E-state index in [1.165, 1.54) is 45.7 Å². The third kappa shape index (κ3) is 7.78. The highest BCUT2D eigenvalue weighted by Crippen LogP contribution is 2.29. The summed E-state index contributed by atoms with van der Waals surface area (Å²) in [7, 11) is 1.19. The van der Waals surface area contributed by atoms with Crippen LogP contribution in [0.2, 0.25) is 0 Å². The fourth-order valence-electron chi connectivity index (χ4n) is 3.96. The second-order valence-corrected chi connectivity index (χ2v) is 9.25. The van der Waals surface area contributed by atoms with E-state index in [9.17, 15) is 18.0 Å². The van der Waals surface area contributed by atoms with Crippen LogP contribution in [0.5, 0.6) is 11.5 Å². The summed E-state index contributed by atoms with van der Waals surface area (Å²) in [6.45, 7) is 3.43. The fourth-order valence-corrected chi connectivity index (χ4v) is 3.96. The molecule has 0 N–H and O–H groups in total. The first-order valence-corrected chi connectivity index (χ1v) is 12.6. The van der Waals surface area contributed by atoms with Crippen LogP contribution >= 0.6 is 0 Å². The molecule has 1 atom stereocenters. The highest BCUT2D eigenvalue weighted by molar-refractivity contribution is 5.81. The zero-order valence-electron chi connectivity index (χ0n) is 21.5. The average Bonchev–Trinajstić information content (AvgIpc) is 2.88. The van der Waals surface area contributed by atoms with Crippen molar-refractivity contribution in [2.24, 2.45) is 0 Å². The van der Waals surface area contributed by atoms with Gasteiger partial charge in [-0.15, -0.1) is 0 Å². The lowest BCUT2D eigenvalue weighted by Crippen LogP contribution is -2.34. The Morgan fingerprint density at radius 1 is 0.865 bits per heavy atom. The van der Waals surface area contributed by atoms with Gasteiger partial charge < -0.3 is 9.47 Å². The lowest BCUT2D eigenvalue weighted by Gasteiger charge is -2.18. The van der Waals surface area contributed by atoms with Crippen molar-refractivity contribution in [3.63, 3.8) is 0 Å². The van der Waals surface area contributed by atoms with Gasteiger partial charge in [-0.05, 0) is 49.6 Å². The first-order chi connectivity index (χ1) is 17.7. The highest BCUT2D eigenvalue weighted by atomic mass is 19.1. The minimum Gasteiger partial charge on any atom is -0.491 e. The maximum Gasteiger partial charge on any atom is 0.348 e. The SMILES string of the molecule is CCCCCCCCC[C@](C)(F)C(=O)Oc1ccc(-c2cnc(-c3cc(F)c(OC)c(F)c3)nc2)cc1. The quantitative estimate of drug-likeness (QED) is 0.132. The first-order valence-electron chi connectivity index (χ1n) is 12.6. The highest BCUT2D eigenvalue weighted by Gasteiger charge is 2.34. The molecule has 2 aromatic carbocycles. The number of carbonyl (C=O) groups is 1. The summed E-state index contributed by atoms with van der Waals surface area (Å²) in [5.41, 5.74) is -0.503. The number of hydrogen-bond acceptors (Lipinski definition) is 5. The molecule has 0 bridgehead atoms. The van der Waals surface area contributed by atoms with E-state index >= 15 is 0 Å². The first kappa shape index (κ1) is 28.2. The summed E-state index contributed by atoms with van der Waals surface area (Å²) < 4.78 is 52.8. The Bertz CT molecular complexity index is 1140. The summed E-state index contributed by atoms with van der Waals surface area (Å²) in [6.07, 6.45) is 10.5. The van der Waals surface area contributed by atoms with E-state index in [1.54, 1.807) is 24.3 Å². The van der Waals surface area contributed by atoms with Crippen LogP contribution in [0.4, 0.5) is 13.2 Å². The van der Waals surface area contributed by atoms with Crippen molar-refractivity contribution < 1.29 is 27.4 Å². The summed E-state index contributed by atoms with van der Waals surface area (Å²) in [5.74, 6) is -2.68. The van der Waals surface area contributed by atoms with E-state index in [1.807, 2.05) is 0 Å². The smallest absolute Gasteiger partial charge is 0.348 e. The molecule has 0 aliphatic heterocycles. The third-order valence-corrected chi connectivity index (χ3v) is 6.19. The number of nitrogens with zero attached hydrogens (tertiary/aromatic N) is 2. The lowest BCUT2D eigenvalue weighted by atomic mass is 9.99. The van der Waals surface area contributed by atoms with Crippen LogP contribution in [0, 0.1) is 11.6 Å². The zero-order chi connectivity index (χ0) is 26.8. The van der Waals surface area contributed by atoms with Gasteiger partial charge in [0.1, 0.15) is 5.75 Å². The molecule has 198 valence electrons. The van der Waals surface area contributed by atoms with Gasteiger partial charge in [-0.25, -0.2) is 27.9 Å². The molecule has 0 spiro atoms. The van der Waals surface area contributed by atoms with Crippen LogP contribution in [0.25, 0.3) is 22.5 Å². The molecule has 0 radical (unpaired) electrons. The molecular formula is C29H33F3N2O3. The summed E-state index contributed by atoms with van der Waals surface area (Å²) >= 11 is 0. The second-order valence-electron chi connectivity index (χ2n) is 9.25. The number of benzene rings is 2. The summed E-state index contributed by atoms with van der Waals surface area (Å²) in [5, 5.41) is 0. The van der Waals surface area contributed by atoms with Crippen molar-refractivity contribution in [1.29, 1.82) is 0 Å². The molecule has 3 rings (SSSR count). The van der Waals surface area contributed by atoms with E-state index in [2.05, 4.69) is 21.6 Å². The van der Waals surface area contributed by atoms with Crippen LogP contribution in [0.1, 0.15) is 65.2 Å². The molecule has 5 nitrogen and oxygen atoms in total. The van der Waals surface area contributed by atoms with Gasteiger partial charge in [0.25, 0.3) is 0 Å². The molecule has 0 aliphatic carbocycles. The molecule has 1 heterocycles. The molecular weight excluding hydrogens is 481 g/mol. The van der Waals surface area contributed by atoms with Crippen LogP contribution in [0.15, 0.2) is 48.8 Å². The van der Waals surface area contributed by atoms with E-state index in [0.29, 0.717) is 12.0 Å². The normalized spacial score (nSPS) is 12.7. The Morgan fingerprint density at radius 2 is 1.43 bits per heavy atom. The Kier molecular flexibility index (Phi) is 10.1. The third-order valence-electron chi connectivity index (χ3n) is 6.19. The molecule has 0 saturated heterocycles. The van der Waals surface area contributed by atoms with Crippen molar-refractivity contribution in [3.05, 3.63) is 60.4 Å². The number of alkyl halides is 1. The number of unbranched alkanes of at least 4 members (excludes halogenated alkanes) is 6. The predicted molar refractivity (Wildman–Crippen MR) is 137 cm³/mol. The van der Waals surface area contributed by atoms with Crippen molar-refractivity contribution in [2.75, 3.05) is 7.11 Å². The standard InChI is InChI=1S/C29H33F3N2O3/c1-4-5-6-7-8-9-10-15-29(2,32)28(35)37-23-13-11-20(12-14-23)22-18-33-27(34-19-22)21-16-24(30)26(36-3)25(31)17-21/h11-14,16-19H,4-10,15H2,1-3H3/t29-/m0/s1. The topological polar surface area (TPSA) is 61.3 Å². The predicted octanol–water partition coefficient (Wildman–Crippen LogP) is 7.87. The minimum atomic E-state index is -2.05. The van der Waals surface area contributed by atoms with Crippen molar-refractivity contribution in [3.8, 4) is 34.0 Å². The molecule has 0 aliphatic rings. The van der Waals surface area contributed by atoms with E-state index in [0.717, 1.165) is 37.0 Å². The van der Waals surface area contributed by atoms with Gasteiger partial charge in [-0.2, -0.15) is 0 Å². The average molecular weight is 515 g/mol. The Balaban J connectivity index is 1.56. The molecule has 3 aromatic rings. The van der Waals surface area contributed by atoms with Gasteiger partial charge in [0.15, 0.2) is 23.2 Å². The fraction of sp³-hybridized carbons (Fsp3) is 0.414. The van der Waals surface area contributed by atoms with Gasteiger partial charge >= 0.3 is 5.97 Å². The minimum absolute atomic E-state index is 0.128.